The molecule has 0 aromatic carbocycles. The third kappa shape index (κ3) is 5.38. The van der Waals surface area contributed by atoms with Gasteiger partial charge in [0.25, 0.3) is 0 Å². The number of aliphatic hydroxyl groups is 1. The molecule has 0 bridgehead atoms. The first-order valence-corrected chi connectivity index (χ1v) is 4.24. The Morgan fingerprint density at radius 1 is 1.69 bits per heavy atom. The van der Waals surface area contributed by atoms with E-state index in [1.54, 1.807) is 6.92 Å². The van der Waals surface area contributed by atoms with Crippen molar-refractivity contribution in [1.82, 2.24) is 10.2 Å². The van der Waals surface area contributed by atoms with Gasteiger partial charge in [0.2, 0.25) is 5.91 Å². The Hall–Kier alpha value is -0.870. The second kappa shape index (κ2) is 5.72. The zero-order chi connectivity index (χ0) is 10.4. The van der Waals surface area contributed by atoms with Gasteiger partial charge in [-0.25, -0.2) is 0 Å². The first kappa shape index (κ1) is 12.1. The highest BCUT2D eigenvalue weighted by molar-refractivity contribution is 5.87. The van der Waals surface area contributed by atoms with E-state index in [0.29, 0.717) is 6.42 Å². The first-order chi connectivity index (χ1) is 5.97. The molecular formula is C9H18N2O2. The van der Waals surface area contributed by atoms with Crippen molar-refractivity contribution in [2.75, 3.05) is 14.1 Å². The molecule has 2 unspecified atom stereocenters. The van der Waals surface area contributed by atoms with Gasteiger partial charge in [-0.2, -0.15) is 0 Å². The van der Waals surface area contributed by atoms with E-state index in [-0.39, 0.29) is 12.1 Å². The zero-order valence-electron chi connectivity index (χ0n) is 8.45. The third-order valence-electron chi connectivity index (χ3n) is 1.68. The maximum Gasteiger partial charge on any atom is 0.244 e. The lowest BCUT2D eigenvalue weighted by atomic mass is 10.2. The smallest absolute Gasteiger partial charge is 0.244 e. The van der Waals surface area contributed by atoms with Crippen LogP contribution in [-0.2, 0) is 4.79 Å². The Bertz CT molecular complexity index is 178. The Labute approximate surface area is 79.2 Å². The molecule has 76 valence electrons. The number of rotatable bonds is 5. The fourth-order valence-electron chi connectivity index (χ4n) is 0.945. The van der Waals surface area contributed by atoms with E-state index in [1.807, 2.05) is 19.0 Å². The van der Waals surface area contributed by atoms with Crippen LogP contribution in [0.25, 0.3) is 0 Å². The van der Waals surface area contributed by atoms with E-state index in [0.717, 1.165) is 0 Å². The number of nitrogens with zero attached hydrogens (tertiary/aromatic N) is 1. The van der Waals surface area contributed by atoms with Crippen molar-refractivity contribution in [3.63, 3.8) is 0 Å². The minimum Gasteiger partial charge on any atom is -0.393 e. The van der Waals surface area contributed by atoms with Crippen LogP contribution in [0.4, 0.5) is 0 Å². The van der Waals surface area contributed by atoms with Crippen LogP contribution < -0.4 is 5.32 Å². The maximum atomic E-state index is 11.0. The third-order valence-corrected chi connectivity index (χ3v) is 1.68. The number of aliphatic hydroxyl groups excluding tert-OH is 1. The molecule has 13 heavy (non-hydrogen) atoms. The largest absolute Gasteiger partial charge is 0.393 e. The predicted molar refractivity (Wildman–Crippen MR) is 52.1 cm³/mol. The Morgan fingerprint density at radius 3 is 2.54 bits per heavy atom. The molecule has 0 aliphatic rings. The first-order valence-electron chi connectivity index (χ1n) is 4.24. The van der Waals surface area contributed by atoms with Crippen molar-refractivity contribution in [1.29, 1.82) is 0 Å². The molecule has 2 atom stereocenters. The molecule has 4 nitrogen and oxygen atoms in total. The molecule has 0 fully saturated rings. The zero-order valence-corrected chi connectivity index (χ0v) is 8.45. The van der Waals surface area contributed by atoms with E-state index >= 15 is 0 Å². The van der Waals surface area contributed by atoms with Crippen molar-refractivity contribution in [2.45, 2.75) is 25.6 Å². The summed E-state index contributed by atoms with van der Waals surface area (Å²) in [5.41, 5.74) is 0. The highest BCUT2D eigenvalue weighted by atomic mass is 16.3. The van der Waals surface area contributed by atoms with Crippen molar-refractivity contribution in [2.24, 2.45) is 0 Å². The molecule has 0 aromatic rings. The van der Waals surface area contributed by atoms with Gasteiger partial charge < -0.3 is 10.4 Å². The highest BCUT2D eigenvalue weighted by Gasteiger charge is 2.14. The SMILES string of the molecule is C=CC(=O)NC(CC(C)O)N(C)C. The molecule has 0 radical (unpaired) electrons. The average Bonchev–Trinajstić information content (AvgIpc) is 2.02. The number of nitrogens with one attached hydrogen (secondary N) is 1. The van der Waals surface area contributed by atoms with E-state index in [4.69, 9.17) is 5.11 Å². The van der Waals surface area contributed by atoms with E-state index in [1.165, 1.54) is 6.08 Å². The molecule has 2 N–H and O–H groups in total. The minimum absolute atomic E-state index is 0.148. The lowest BCUT2D eigenvalue weighted by Gasteiger charge is -2.25. The Kier molecular flexibility index (Phi) is 5.34. The van der Waals surface area contributed by atoms with Crippen LogP contribution >= 0.6 is 0 Å². The summed E-state index contributed by atoms with van der Waals surface area (Å²) in [6.45, 7) is 5.05. The summed E-state index contributed by atoms with van der Waals surface area (Å²) in [5, 5.41) is 11.9. The van der Waals surface area contributed by atoms with E-state index in [9.17, 15) is 4.79 Å². The van der Waals surface area contributed by atoms with Gasteiger partial charge in [-0.1, -0.05) is 6.58 Å². The molecule has 1 amide bonds. The minimum atomic E-state index is -0.433. The standard InChI is InChI=1S/C9H18N2O2/c1-5-9(13)10-8(11(3)4)6-7(2)12/h5,7-8,12H,1,6H2,2-4H3,(H,10,13). The monoisotopic (exact) mass is 186 g/mol. The van der Waals surface area contributed by atoms with Gasteiger partial charge in [-0.15, -0.1) is 0 Å². The topological polar surface area (TPSA) is 52.6 Å². The Balaban J connectivity index is 4.09. The molecule has 0 rings (SSSR count). The number of hydrogen-bond acceptors (Lipinski definition) is 3. The molecule has 0 spiro atoms. The summed E-state index contributed by atoms with van der Waals surface area (Å²) >= 11 is 0. The van der Waals surface area contributed by atoms with Crippen molar-refractivity contribution >= 4 is 5.91 Å². The molecular weight excluding hydrogens is 168 g/mol. The molecule has 0 saturated carbocycles. The lowest BCUT2D eigenvalue weighted by Crippen LogP contribution is -2.45. The van der Waals surface area contributed by atoms with Crippen molar-refractivity contribution < 1.29 is 9.90 Å². The summed E-state index contributed by atoms with van der Waals surface area (Å²) < 4.78 is 0. The fourth-order valence-corrected chi connectivity index (χ4v) is 0.945. The summed E-state index contributed by atoms with van der Waals surface area (Å²) in [6, 6.07) is 0. The van der Waals surface area contributed by atoms with Crippen molar-refractivity contribution in [3.8, 4) is 0 Å². The maximum absolute atomic E-state index is 11.0. The quantitative estimate of drug-likeness (QED) is 0.467. The fraction of sp³-hybridized carbons (Fsp3) is 0.667. The molecule has 0 saturated heterocycles. The summed E-state index contributed by atoms with van der Waals surface area (Å²) in [4.78, 5) is 12.8. The van der Waals surface area contributed by atoms with E-state index < -0.39 is 6.10 Å². The summed E-state index contributed by atoms with van der Waals surface area (Å²) in [6.07, 6.45) is 1.15. The molecule has 0 heterocycles. The number of carbonyl (C=O) groups is 1. The second-order valence-electron chi connectivity index (χ2n) is 3.28. The summed E-state index contributed by atoms with van der Waals surface area (Å²) in [7, 11) is 3.69. The molecule has 0 aliphatic carbocycles. The Morgan fingerprint density at radius 2 is 2.23 bits per heavy atom. The highest BCUT2D eigenvalue weighted by Crippen LogP contribution is 2.00. The van der Waals surface area contributed by atoms with Crippen LogP contribution in [0.1, 0.15) is 13.3 Å². The van der Waals surface area contributed by atoms with Crippen LogP contribution in [-0.4, -0.2) is 42.3 Å². The predicted octanol–water partition coefficient (Wildman–Crippen LogP) is -0.0528. The normalized spacial score (nSPS) is 15.2. The average molecular weight is 186 g/mol. The van der Waals surface area contributed by atoms with Gasteiger partial charge in [0.05, 0.1) is 12.3 Å². The van der Waals surface area contributed by atoms with Crippen LogP contribution in [0.5, 0.6) is 0 Å². The second-order valence-corrected chi connectivity index (χ2v) is 3.28. The van der Waals surface area contributed by atoms with Crippen LogP contribution in [0, 0.1) is 0 Å². The van der Waals surface area contributed by atoms with Gasteiger partial charge in [0, 0.05) is 6.42 Å². The van der Waals surface area contributed by atoms with Gasteiger partial charge in [-0.05, 0) is 27.1 Å². The number of amides is 1. The van der Waals surface area contributed by atoms with Gasteiger partial charge in [0.15, 0.2) is 0 Å². The lowest BCUT2D eigenvalue weighted by molar-refractivity contribution is -0.118. The van der Waals surface area contributed by atoms with Crippen molar-refractivity contribution in [3.05, 3.63) is 12.7 Å². The number of carbonyl (C=O) groups excluding carboxylic acids is 1. The molecule has 4 heteroatoms. The van der Waals surface area contributed by atoms with Crippen LogP contribution in [0.2, 0.25) is 0 Å². The van der Waals surface area contributed by atoms with Gasteiger partial charge >= 0.3 is 0 Å². The molecule has 0 aromatic heterocycles. The van der Waals surface area contributed by atoms with Crippen LogP contribution in [0.15, 0.2) is 12.7 Å². The van der Waals surface area contributed by atoms with E-state index in [2.05, 4.69) is 11.9 Å². The summed E-state index contributed by atoms with van der Waals surface area (Å²) in [5.74, 6) is -0.223. The molecule has 0 aliphatic heterocycles. The van der Waals surface area contributed by atoms with Gasteiger partial charge in [0.1, 0.15) is 0 Å². The van der Waals surface area contributed by atoms with Gasteiger partial charge in [-0.3, -0.25) is 9.69 Å². The number of hydrogen-bond donors (Lipinski definition) is 2. The van der Waals surface area contributed by atoms with Crippen LogP contribution in [0.3, 0.4) is 0 Å².